The van der Waals surface area contributed by atoms with Gasteiger partial charge in [-0.1, -0.05) is 0 Å². The Bertz CT molecular complexity index is 3780. The molecule has 11 saturated heterocycles. The van der Waals surface area contributed by atoms with E-state index in [9.17, 15) is 172 Å². The molecule has 11 aliphatic rings. The third kappa shape index (κ3) is 25.0. The molecule has 36 N–H and O–H groups in total. The van der Waals surface area contributed by atoms with Gasteiger partial charge in [0.1, 0.15) is 268 Å². The van der Waals surface area contributed by atoms with E-state index in [4.69, 9.17) is 105 Å². The first-order valence-corrected chi connectivity index (χ1v) is 43.7. The number of aliphatic hydroxyl groups excluding tert-OH is 29. The largest absolute Gasteiger partial charge is 0.394 e. The number of nitrogens with one attached hydrogen (secondary N) is 5. The van der Waals surface area contributed by atoms with E-state index in [1.807, 2.05) is 0 Å². The van der Waals surface area contributed by atoms with Crippen molar-refractivity contribution in [1.82, 2.24) is 26.6 Å². The van der Waals surface area contributed by atoms with Crippen LogP contribution >= 0.6 is 0 Å². The van der Waals surface area contributed by atoms with E-state index in [-0.39, 0.29) is 0 Å². The monoisotopic (exact) mass is 2000 g/mol. The molecule has 11 fully saturated rings. The number of carbonyl (C=O) groups is 5. The van der Waals surface area contributed by atoms with E-state index >= 15 is 0 Å². The molecule has 61 nitrogen and oxygen atoms in total. The number of hydrogen-bond acceptors (Lipinski definition) is 56. The van der Waals surface area contributed by atoms with E-state index < -0.39 is 440 Å². The van der Waals surface area contributed by atoms with Crippen LogP contribution < -0.4 is 32.3 Å². The minimum Gasteiger partial charge on any atom is -0.394 e. The van der Waals surface area contributed by atoms with Gasteiger partial charge in [-0.15, -0.1) is 0 Å². The van der Waals surface area contributed by atoms with Crippen molar-refractivity contribution in [3.63, 3.8) is 0 Å². The summed E-state index contributed by atoms with van der Waals surface area (Å²) in [6.07, 6.45) is -108. The lowest BCUT2D eigenvalue weighted by Crippen LogP contribution is -2.71. The lowest BCUT2D eigenvalue weighted by molar-refractivity contribution is -0.406. The van der Waals surface area contributed by atoms with Gasteiger partial charge in [-0.25, -0.2) is 0 Å². The zero-order chi connectivity index (χ0) is 101. The molecule has 61 heteroatoms. The van der Waals surface area contributed by atoms with E-state index in [0.29, 0.717) is 0 Å². The first-order chi connectivity index (χ1) is 64.9. The maximum absolute atomic E-state index is 13.4. The zero-order valence-corrected chi connectivity index (χ0v) is 73.7. The van der Waals surface area contributed by atoms with Gasteiger partial charge in [-0.2, -0.15) is 0 Å². The van der Waals surface area contributed by atoms with Gasteiger partial charge in [0.25, 0.3) is 0 Å². The number of rotatable bonds is 36. The highest BCUT2D eigenvalue weighted by molar-refractivity contribution is 5.75. The Labute approximate surface area is 775 Å². The Morgan fingerprint density at radius 3 is 0.759 bits per heavy atom. The highest BCUT2D eigenvalue weighted by atomic mass is 16.8. The Balaban J connectivity index is 0.983. The minimum absolute atomic E-state index is 0.473. The molecule has 137 heavy (non-hydrogen) atoms. The highest BCUT2D eigenvalue weighted by Gasteiger charge is 2.63. The number of carbonyl (C=O) groups excluding carboxylic acids is 5. The molecule has 0 spiro atoms. The zero-order valence-electron chi connectivity index (χ0n) is 73.7. The highest BCUT2D eigenvalue weighted by Crippen LogP contribution is 2.42. The molecule has 11 rings (SSSR count). The Kier molecular flexibility index (Phi) is 40.7. The van der Waals surface area contributed by atoms with Crippen LogP contribution in [0.4, 0.5) is 0 Å². The van der Waals surface area contributed by atoms with E-state index in [0.717, 1.165) is 34.6 Å². The SMILES string of the molecule is CC(=O)N[C@@H]1[C@@H](O)[C@H](O[C@@H]2O[C@H](CO)[C@@H](O[C@@H]3O[C@H](CO[C@H]4O[C@H](CO)[C@@H](O)[C@H](O)[C@@H]4O[C@@H]4O[C@H](CO)[C@@H](O[C@@H]5O[C@H](CN)[C@H](O)[C@H](O)[C@H]5O)[C@H](O)[C@H]4NC(C)=O)[C@@H](O)[C@H](O[C@H]4O[C@H](CO)[C@@H](O[C@@H]5O[C@H](CO)[C@@H](O[C@@H]6O[C@H](CO)[C@H](O)[C@H](O)[C@H]6O)[C@H](O)[C@H]5NC(C)=O)[C@H](O)[C@@H]4O[C@@H]4O[C@H](CO)[C@@H](O[C@@H]5O[C@H](CO)[C@H](O)[C@H](O)[C@H]5O)[C@H](O)[C@H]4NC(C)=O)[C@@H]3O)[C@H](O)[C@H]2NC(C)=O)[C@@H](CO)O[C@H]1O. The quantitative estimate of drug-likeness (QED) is 0.0277. The minimum atomic E-state index is -2.75. The molecule has 0 saturated carbocycles. The van der Waals surface area contributed by atoms with Crippen molar-refractivity contribution in [2.75, 3.05) is 72.6 Å². The van der Waals surface area contributed by atoms with Crippen molar-refractivity contribution in [2.45, 2.75) is 372 Å². The van der Waals surface area contributed by atoms with Crippen LogP contribution in [0.2, 0.25) is 0 Å². The molecule has 0 aromatic rings. The van der Waals surface area contributed by atoms with Crippen molar-refractivity contribution in [3.05, 3.63) is 0 Å². The Morgan fingerprint density at radius 1 is 0.212 bits per heavy atom. The van der Waals surface area contributed by atoms with Gasteiger partial charge in [-0.05, 0) is 0 Å². The molecule has 11 aliphatic heterocycles. The van der Waals surface area contributed by atoms with Crippen LogP contribution in [0.25, 0.3) is 0 Å². The maximum Gasteiger partial charge on any atom is 0.217 e. The molecule has 55 atom stereocenters. The second-order valence-corrected chi connectivity index (χ2v) is 34.6. The van der Waals surface area contributed by atoms with Crippen molar-refractivity contribution < 1.29 is 272 Å². The predicted octanol–water partition coefficient (Wildman–Crippen LogP) is -24.3. The van der Waals surface area contributed by atoms with Crippen LogP contribution in [0.1, 0.15) is 34.6 Å². The molecule has 11 heterocycles. The van der Waals surface area contributed by atoms with Gasteiger partial charge < -0.3 is 280 Å². The van der Waals surface area contributed by atoms with E-state index in [1.165, 1.54) is 0 Å². The summed E-state index contributed by atoms with van der Waals surface area (Å²) in [4.78, 5) is 65.2. The summed E-state index contributed by atoms with van der Waals surface area (Å²) < 4.78 is 127. The first kappa shape index (κ1) is 113. The third-order valence-corrected chi connectivity index (χ3v) is 25.0. The smallest absolute Gasteiger partial charge is 0.217 e. The molecule has 0 unspecified atom stereocenters. The lowest BCUT2D eigenvalue weighted by atomic mass is 9.93. The van der Waals surface area contributed by atoms with Crippen molar-refractivity contribution in [1.29, 1.82) is 0 Å². The number of amides is 5. The second-order valence-electron chi connectivity index (χ2n) is 34.6. The molecular weight excluding hydrogens is 1880 g/mol. The maximum atomic E-state index is 13.4. The van der Waals surface area contributed by atoms with Crippen LogP contribution in [0, 0.1) is 0 Å². The summed E-state index contributed by atoms with van der Waals surface area (Å²) in [7, 11) is 0. The Hall–Kier alpha value is -4.69. The van der Waals surface area contributed by atoms with Gasteiger partial charge in [0.05, 0.1) is 66.1 Å². The first-order valence-electron chi connectivity index (χ1n) is 43.7. The number of ether oxygens (including phenoxy) is 21. The Morgan fingerprint density at radius 2 is 0.438 bits per heavy atom. The average molecular weight is 2010 g/mol. The topological polar surface area (TPSA) is 952 Å². The van der Waals surface area contributed by atoms with Gasteiger partial charge in [0.2, 0.25) is 29.5 Å². The fraction of sp³-hybridized carbons (Fsp3) is 0.934. The molecule has 0 aliphatic carbocycles. The third-order valence-electron chi connectivity index (χ3n) is 25.0. The van der Waals surface area contributed by atoms with Crippen molar-refractivity contribution in [2.24, 2.45) is 5.73 Å². The summed E-state index contributed by atoms with van der Waals surface area (Å²) in [5.41, 5.74) is 5.73. The van der Waals surface area contributed by atoms with Crippen LogP contribution in [0.15, 0.2) is 0 Å². The normalized spacial score (nSPS) is 48.9. The second kappa shape index (κ2) is 49.5. The fourth-order valence-electron chi connectivity index (χ4n) is 17.9. The molecule has 0 aromatic carbocycles. The van der Waals surface area contributed by atoms with Gasteiger partial charge in [-0.3, -0.25) is 24.0 Å². The van der Waals surface area contributed by atoms with Gasteiger partial charge in [0, 0.05) is 41.2 Å². The summed E-state index contributed by atoms with van der Waals surface area (Å²) in [5, 5.41) is 340. The van der Waals surface area contributed by atoms with Crippen molar-refractivity contribution in [3.8, 4) is 0 Å². The van der Waals surface area contributed by atoms with Crippen molar-refractivity contribution >= 4 is 29.5 Å². The molecular formula is C76H128N6O55. The summed E-state index contributed by atoms with van der Waals surface area (Å²) in [5.74, 6) is -4.87. The van der Waals surface area contributed by atoms with Crippen LogP contribution in [-0.4, -0.2) is 588 Å². The van der Waals surface area contributed by atoms with Crippen LogP contribution in [0.3, 0.4) is 0 Å². The van der Waals surface area contributed by atoms with Crippen LogP contribution in [0.5, 0.6) is 0 Å². The molecule has 0 radical (unpaired) electrons. The van der Waals surface area contributed by atoms with Crippen LogP contribution in [-0.2, 0) is 123 Å². The summed E-state index contributed by atoms with van der Waals surface area (Å²) in [6.45, 7) is -7.79. The fourth-order valence-corrected chi connectivity index (χ4v) is 17.9. The molecule has 792 valence electrons. The number of nitrogens with two attached hydrogens (primary N) is 1. The number of hydrogen-bond donors (Lipinski definition) is 35. The van der Waals surface area contributed by atoms with E-state index in [1.54, 1.807) is 0 Å². The van der Waals surface area contributed by atoms with Gasteiger partial charge in [0.15, 0.2) is 69.2 Å². The lowest BCUT2D eigenvalue weighted by Gasteiger charge is -2.52. The average Bonchev–Trinajstić information content (AvgIpc) is 0.762. The molecule has 0 aromatic heterocycles. The molecule has 5 amide bonds. The van der Waals surface area contributed by atoms with Gasteiger partial charge >= 0.3 is 0 Å². The summed E-state index contributed by atoms with van der Waals surface area (Å²) in [6, 6.07) is -9.87. The standard InChI is InChI=1S/C76H128N6O55/c1-17(92)78-33-43(102)57(26(10-86)118-66(33)116)129-67-34(79-18(2)93)45(104)61(30(14-90)123-67)134-74-56(115)63(42(101)32(128-74)16-117-75-64(51(110)41(100)25(9-85)122-75)136-69-36(81-20(4)95)46(105)58(28(12-88)125-69)131-71-52(111)48(107)38(97)22(6-77)119-71)135-76-65(137-70-37(82-21(5)96)47(106)60(29(13-89)126-70)133-73-54(113)50(109)40(99)24(8-84)121-73)55(114)62(31(15-91)127-76)130-68-35(80-19(3)94)44(103)59(27(11-87)124-68)132-72-53(112)49(108)39(98)23(7-83)120-72/h22-76,83-91,97-116H,6-16,77H2,1-5H3,(H,78,92)(H,79,93)(H,80,94)(H,81,95)(H,82,96)/t22-,23-,24-,25-,26-,27-,28-,29-,30-,31-,32-,33-,34-,35-,36-,37-,38+,39+,40+,41-,42-,43-,44-,45-,46-,47-,48+,49+,50+,51+,52-,53-,54-,55+,56+,57-,58-,59-,60-,61-,62-,63+,64+,65+,66-,67+,68+,69+,70+,71+,72+,73+,74+,75+,76-/m1/s1. The number of aliphatic hydroxyl groups is 29. The summed E-state index contributed by atoms with van der Waals surface area (Å²) >= 11 is 0. The predicted molar refractivity (Wildman–Crippen MR) is 422 cm³/mol. The van der Waals surface area contributed by atoms with E-state index in [2.05, 4.69) is 26.6 Å². The molecule has 0 bridgehead atoms.